The summed E-state index contributed by atoms with van der Waals surface area (Å²) in [6, 6.07) is 15.2. The van der Waals surface area contributed by atoms with Gasteiger partial charge in [0.2, 0.25) is 5.91 Å². The number of hydrogen-bond donors (Lipinski definition) is 3. The molecule has 9 nitrogen and oxygen atoms in total. The molecule has 0 radical (unpaired) electrons. The molecule has 1 fully saturated rings. The van der Waals surface area contributed by atoms with Crippen molar-refractivity contribution in [3.05, 3.63) is 59.7 Å². The van der Waals surface area contributed by atoms with E-state index in [-0.39, 0.29) is 31.5 Å². The zero-order valence-electron chi connectivity index (χ0n) is 19.9. The van der Waals surface area contributed by atoms with Crippen LogP contribution in [0.1, 0.15) is 23.5 Å². The van der Waals surface area contributed by atoms with Gasteiger partial charge in [0, 0.05) is 31.5 Å². The lowest BCUT2D eigenvalue weighted by Gasteiger charge is -2.23. The standard InChI is InChI=1S/C26H31N3O6/c1-29(2)14-22(25(31)32)28-24(30)23-16(11-12-34-23)13-27-26(33)35-15-21-19-9-5-3-7-17(19)18-8-4-6-10-20(18)21/h3-10,16,21-23H,11-15H2,1-2H3,(H,27,33)(H,28,30)(H,31,32)/t16-,22?,23-/m0/s1. The molecular weight excluding hydrogens is 450 g/mol. The van der Waals surface area contributed by atoms with Crippen LogP contribution in [0.4, 0.5) is 4.79 Å². The van der Waals surface area contributed by atoms with Crippen LogP contribution < -0.4 is 10.6 Å². The summed E-state index contributed by atoms with van der Waals surface area (Å²) in [7, 11) is 3.46. The summed E-state index contributed by atoms with van der Waals surface area (Å²) in [5.41, 5.74) is 4.58. The summed E-state index contributed by atoms with van der Waals surface area (Å²) in [4.78, 5) is 38.3. The van der Waals surface area contributed by atoms with E-state index in [2.05, 4.69) is 34.9 Å². The minimum atomic E-state index is -1.11. The number of hydrogen-bond acceptors (Lipinski definition) is 6. The number of carbonyl (C=O) groups excluding carboxylic acids is 2. The van der Waals surface area contributed by atoms with Crippen molar-refractivity contribution in [2.75, 3.05) is 40.4 Å². The molecule has 2 amide bonds. The monoisotopic (exact) mass is 481 g/mol. The molecule has 1 aliphatic heterocycles. The summed E-state index contributed by atoms with van der Waals surface area (Å²) >= 11 is 0. The van der Waals surface area contributed by atoms with Gasteiger partial charge in [0.15, 0.2) is 0 Å². The fourth-order valence-corrected chi connectivity index (χ4v) is 4.80. The van der Waals surface area contributed by atoms with Crippen LogP contribution in [0.3, 0.4) is 0 Å². The van der Waals surface area contributed by atoms with Crippen molar-refractivity contribution >= 4 is 18.0 Å². The number of ether oxygens (including phenoxy) is 2. The van der Waals surface area contributed by atoms with Gasteiger partial charge >= 0.3 is 12.1 Å². The lowest BCUT2D eigenvalue weighted by atomic mass is 9.98. The summed E-state index contributed by atoms with van der Waals surface area (Å²) in [6.07, 6.45) is -0.811. The number of carboxylic acids is 1. The molecule has 186 valence electrons. The second-order valence-corrected chi connectivity index (χ2v) is 9.21. The Kier molecular flexibility index (Phi) is 7.67. The number of fused-ring (bicyclic) bond motifs is 3. The van der Waals surface area contributed by atoms with Crippen LogP contribution in [0.25, 0.3) is 11.1 Å². The number of amides is 2. The van der Waals surface area contributed by atoms with Crippen molar-refractivity contribution in [1.29, 1.82) is 0 Å². The molecule has 2 aromatic rings. The highest BCUT2D eigenvalue weighted by Gasteiger charge is 2.36. The second kappa shape index (κ2) is 10.9. The molecular formula is C26H31N3O6. The second-order valence-electron chi connectivity index (χ2n) is 9.21. The largest absolute Gasteiger partial charge is 0.480 e. The highest BCUT2D eigenvalue weighted by molar-refractivity contribution is 5.87. The topological polar surface area (TPSA) is 117 Å². The lowest BCUT2D eigenvalue weighted by molar-refractivity contribution is -0.144. The Hall–Kier alpha value is -3.43. The van der Waals surface area contributed by atoms with E-state index in [1.807, 2.05) is 24.3 Å². The number of rotatable bonds is 9. The van der Waals surface area contributed by atoms with Crippen LogP contribution in [0.2, 0.25) is 0 Å². The summed E-state index contributed by atoms with van der Waals surface area (Å²) in [6.45, 7) is 0.924. The average molecular weight is 482 g/mol. The number of likely N-dealkylation sites (N-methyl/N-ethyl adjacent to an activating group) is 1. The van der Waals surface area contributed by atoms with Gasteiger partial charge in [-0.15, -0.1) is 0 Å². The van der Waals surface area contributed by atoms with Gasteiger partial charge in [-0.25, -0.2) is 9.59 Å². The van der Waals surface area contributed by atoms with E-state index in [4.69, 9.17) is 9.47 Å². The molecule has 2 aliphatic rings. The maximum absolute atomic E-state index is 12.7. The van der Waals surface area contributed by atoms with Crippen LogP contribution in [-0.4, -0.2) is 80.5 Å². The SMILES string of the molecule is CN(C)CC(NC(=O)[C@H]1OCC[C@H]1CNC(=O)OCC1c2ccccc2-c2ccccc21)C(=O)O. The maximum Gasteiger partial charge on any atom is 0.407 e. The van der Waals surface area contributed by atoms with Crippen LogP contribution in [0.5, 0.6) is 0 Å². The first-order chi connectivity index (χ1) is 16.8. The Balaban J connectivity index is 1.30. The molecule has 1 aliphatic carbocycles. The van der Waals surface area contributed by atoms with E-state index >= 15 is 0 Å². The zero-order valence-corrected chi connectivity index (χ0v) is 19.9. The molecule has 35 heavy (non-hydrogen) atoms. The molecule has 0 bridgehead atoms. The Labute approximate surface area is 204 Å². The van der Waals surface area contributed by atoms with Gasteiger partial charge in [0.25, 0.3) is 0 Å². The molecule has 9 heteroatoms. The highest BCUT2D eigenvalue weighted by atomic mass is 16.5. The van der Waals surface area contributed by atoms with Crippen LogP contribution >= 0.6 is 0 Å². The third-order valence-electron chi connectivity index (χ3n) is 6.49. The molecule has 1 heterocycles. The smallest absolute Gasteiger partial charge is 0.407 e. The molecule has 3 atom stereocenters. The van der Waals surface area contributed by atoms with Crippen molar-refractivity contribution in [3.8, 4) is 11.1 Å². The van der Waals surface area contributed by atoms with E-state index < -0.39 is 30.1 Å². The van der Waals surface area contributed by atoms with Gasteiger partial charge in [-0.3, -0.25) is 4.79 Å². The van der Waals surface area contributed by atoms with Crippen molar-refractivity contribution in [1.82, 2.24) is 15.5 Å². The summed E-state index contributed by atoms with van der Waals surface area (Å²) in [5.74, 6) is -1.91. The summed E-state index contributed by atoms with van der Waals surface area (Å²) in [5, 5.41) is 14.7. The molecule has 0 saturated carbocycles. The minimum absolute atomic E-state index is 0.0360. The molecule has 0 aromatic heterocycles. The molecule has 4 rings (SSSR count). The third kappa shape index (κ3) is 5.63. The molecule has 1 saturated heterocycles. The van der Waals surface area contributed by atoms with Gasteiger partial charge in [-0.2, -0.15) is 0 Å². The fourth-order valence-electron chi connectivity index (χ4n) is 4.80. The normalized spacial score (nSPS) is 19.6. The van der Waals surface area contributed by atoms with Crippen molar-refractivity contribution in [2.45, 2.75) is 24.5 Å². The van der Waals surface area contributed by atoms with Gasteiger partial charge in [-0.05, 0) is 42.8 Å². The molecule has 0 spiro atoms. The third-order valence-corrected chi connectivity index (χ3v) is 6.49. The van der Waals surface area contributed by atoms with Crippen molar-refractivity contribution in [3.63, 3.8) is 0 Å². The highest BCUT2D eigenvalue weighted by Crippen LogP contribution is 2.44. The number of nitrogens with zero attached hydrogens (tertiary/aromatic N) is 1. The fraction of sp³-hybridized carbons (Fsp3) is 0.423. The first kappa shape index (κ1) is 24.7. The van der Waals surface area contributed by atoms with Crippen molar-refractivity contribution in [2.24, 2.45) is 5.92 Å². The Bertz CT molecular complexity index is 1040. The Morgan fingerprint density at radius 2 is 1.71 bits per heavy atom. The van der Waals surface area contributed by atoms with E-state index in [0.717, 1.165) is 22.3 Å². The summed E-state index contributed by atoms with van der Waals surface area (Å²) < 4.78 is 11.1. The quantitative estimate of drug-likeness (QED) is 0.502. The molecule has 2 aromatic carbocycles. The van der Waals surface area contributed by atoms with E-state index in [0.29, 0.717) is 13.0 Å². The van der Waals surface area contributed by atoms with E-state index in [9.17, 15) is 19.5 Å². The number of alkyl carbamates (subject to hydrolysis) is 1. The van der Waals surface area contributed by atoms with Gasteiger partial charge in [-0.1, -0.05) is 48.5 Å². The van der Waals surface area contributed by atoms with Crippen LogP contribution in [0.15, 0.2) is 48.5 Å². The van der Waals surface area contributed by atoms with Crippen molar-refractivity contribution < 1.29 is 29.0 Å². The minimum Gasteiger partial charge on any atom is -0.480 e. The number of carbonyl (C=O) groups is 3. The maximum atomic E-state index is 12.7. The van der Waals surface area contributed by atoms with Crippen LogP contribution in [-0.2, 0) is 19.1 Å². The predicted molar refractivity (Wildman–Crippen MR) is 129 cm³/mol. The predicted octanol–water partition coefficient (Wildman–Crippen LogP) is 2.06. The molecule has 3 N–H and O–H groups in total. The van der Waals surface area contributed by atoms with Gasteiger partial charge < -0.3 is 30.1 Å². The lowest BCUT2D eigenvalue weighted by Crippen LogP contribution is -2.51. The number of benzene rings is 2. The Morgan fingerprint density at radius 3 is 2.31 bits per heavy atom. The van der Waals surface area contributed by atoms with Gasteiger partial charge in [0.1, 0.15) is 18.8 Å². The molecule has 1 unspecified atom stereocenters. The Morgan fingerprint density at radius 1 is 1.09 bits per heavy atom. The first-order valence-electron chi connectivity index (χ1n) is 11.7. The van der Waals surface area contributed by atoms with E-state index in [1.165, 1.54) is 0 Å². The zero-order chi connectivity index (χ0) is 24.9. The number of aliphatic carboxylic acids is 1. The van der Waals surface area contributed by atoms with Crippen LogP contribution in [0, 0.1) is 5.92 Å². The first-order valence-corrected chi connectivity index (χ1v) is 11.7. The average Bonchev–Trinajstić information content (AvgIpc) is 3.43. The van der Waals surface area contributed by atoms with Gasteiger partial charge in [0.05, 0.1) is 0 Å². The number of carboxylic acid groups (broad SMARTS) is 1. The number of nitrogens with one attached hydrogen (secondary N) is 2. The van der Waals surface area contributed by atoms with E-state index in [1.54, 1.807) is 19.0 Å².